The van der Waals surface area contributed by atoms with Crippen molar-refractivity contribution in [3.63, 3.8) is 0 Å². The average molecular weight is 350 g/mol. The lowest BCUT2D eigenvalue weighted by Crippen LogP contribution is -2.22. The molecule has 0 aliphatic heterocycles. The van der Waals surface area contributed by atoms with E-state index in [4.69, 9.17) is 0 Å². The first-order valence-corrected chi connectivity index (χ1v) is 7.61. The zero-order valence-corrected chi connectivity index (χ0v) is 13.7. The van der Waals surface area contributed by atoms with Crippen LogP contribution in [0.4, 0.5) is 24.5 Å². The number of rotatable bonds is 5. The van der Waals surface area contributed by atoms with E-state index in [1.807, 2.05) is 26.0 Å². The number of hydrogen-bond acceptors (Lipinski definition) is 2. The maximum Gasteiger partial charge on any atom is 0.233 e. The van der Waals surface area contributed by atoms with Gasteiger partial charge in [-0.3, -0.25) is 9.59 Å². The SMILES string of the molecule is CC(C)c1ccccc1NC(=O)CC(=O)Nc1ccc(F)c(F)c1F. The lowest BCUT2D eigenvalue weighted by Gasteiger charge is -2.13. The number of anilines is 2. The minimum Gasteiger partial charge on any atom is -0.325 e. The Morgan fingerprint density at radius 2 is 1.48 bits per heavy atom. The van der Waals surface area contributed by atoms with E-state index in [2.05, 4.69) is 10.6 Å². The van der Waals surface area contributed by atoms with Crippen molar-refractivity contribution in [1.82, 2.24) is 0 Å². The molecule has 2 amide bonds. The summed E-state index contributed by atoms with van der Waals surface area (Å²) in [5, 5.41) is 4.67. The zero-order valence-electron chi connectivity index (χ0n) is 13.7. The molecular weight excluding hydrogens is 333 g/mol. The van der Waals surface area contributed by atoms with Crippen LogP contribution >= 0.6 is 0 Å². The summed E-state index contributed by atoms with van der Waals surface area (Å²) in [4.78, 5) is 23.8. The summed E-state index contributed by atoms with van der Waals surface area (Å²) in [5.41, 5.74) is 0.955. The van der Waals surface area contributed by atoms with Gasteiger partial charge in [0.1, 0.15) is 6.42 Å². The summed E-state index contributed by atoms with van der Waals surface area (Å²) >= 11 is 0. The second-order valence-electron chi connectivity index (χ2n) is 5.74. The lowest BCUT2D eigenvalue weighted by molar-refractivity contribution is -0.123. The van der Waals surface area contributed by atoms with E-state index in [0.29, 0.717) is 11.8 Å². The molecule has 2 N–H and O–H groups in total. The number of carbonyl (C=O) groups excluding carboxylic acids is 2. The third-order valence-electron chi connectivity index (χ3n) is 3.49. The minimum atomic E-state index is -1.69. The van der Waals surface area contributed by atoms with Crippen LogP contribution in [0.25, 0.3) is 0 Å². The van der Waals surface area contributed by atoms with Crippen LogP contribution in [0.15, 0.2) is 36.4 Å². The molecule has 0 atom stereocenters. The molecule has 0 saturated heterocycles. The van der Waals surface area contributed by atoms with Crippen LogP contribution in [0, 0.1) is 17.5 Å². The monoisotopic (exact) mass is 350 g/mol. The Morgan fingerprint density at radius 3 is 2.12 bits per heavy atom. The van der Waals surface area contributed by atoms with Gasteiger partial charge in [0.2, 0.25) is 11.8 Å². The Kier molecular flexibility index (Phi) is 5.80. The molecule has 0 spiro atoms. The minimum absolute atomic E-state index is 0.168. The fraction of sp³-hybridized carbons (Fsp3) is 0.222. The number of nitrogens with one attached hydrogen (secondary N) is 2. The first kappa shape index (κ1) is 18.5. The van der Waals surface area contributed by atoms with Gasteiger partial charge in [-0.2, -0.15) is 0 Å². The predicted octanol–water partition coefficient (Wildman–Crippen LogP) is 4.19. The molecule has 0 saturated carbocycles. The van der Waals surface area contributed by atoms with Gasteiger partial charge in [-0.25, -0.2) is 13.2 Å². The van der Waals surface area contributed by atoms with Crippen molar-refractivity contribution in [2.45, 2.75) is 26.2 Å². The van der Waals surface area contributed by atoms with E-state index in [1.54, 1.807) is 12.1 Å². The molecule has 2 aromatic carbocycles. The van der Waals surface area contributed by atoms with Gasteiger partial charge < -0.3 is 10.6 Å². The highest BCUT2D eigenvalue weighted by molar-refractivity contribution is 6.08. The topological polar surface area (TPSA) is 58.2 Å². The van der Waals surface area contributed by atoms with Crippen LogP contribution in [0.1, 0.15) is 31.7 Å². The Hall–Kier alpha value is -2.83. The van der Waals surface area contributed by atoms with Gasteiger partial charge in [0.05, 0.1) is 5.69 Å². The molecule has 7 heteroatoms. The molecule has 0 aromatic heterocycles. The summed E-state index contributed by atoms with van der Waals surface area (Å²) in [6.45, 7) is 3.92. The Morgan fingerprint density at radius 1 is 0.880 bits per heavy atom. The summed E-state index contributed by atoms with van der Waals surface area (Å²) in [6, 6.07) is 8.73. The summed E-state index contributed by atoms with van der Waals surface area (Å²) in [5.74, 6) is -5.84. The van der Waals surface area contributed by atoms with Gasteiger partial charge in [-0.15, -0.1) is 0 Å². The molecule has 25 heavy (non-hydrogen) atoms. The van der Waals surface area contributed by atoms with Crippen molar-refractivity contribution in [1.29, 1.82) is 0 Å². The van der Waals surface area contributed by atoms with Crippen LogP contribution in [-0.4, -0.2) is 11.8 Å². The van der Waals surface area contributed by atoms with E-state index in [1.165, 1.54) is 0 Å². The number of carbonyl (C=O) groups is 2. The van der Waals surface area contributed by atoms with Gasteiger partial charge >= 0.3 is 0 Å². The molecule has 0 heterocycles. The molecule has 0 bridgehead atoms. The van der Waals surface area contributed by atoms with E-state index >= 15 is 0 Å². The van der Waals surface area contributed by atoms with E-state index < -0.39 is 41.4 Å². The van der Waals surface area contributed by atoms with Crippen LogP contribution in [0.2, 0.25) is 0 Å². The van der Waals surface area contributed by atoms with Crippen molar-refractivity contribution in [3.05, 3.63) is 59.4 Å². The second-order valence-corrected chi connectivity index (χ2v) is 5.74. The summed E-state index contributed by atoms with van der Waals surface area (Å²) < 4.78 is 39.5. The van der Waals surface area contributed by atoms with Crippen molar-refractivity contribution in [3.8, 4) is 0 Å². The standard InChI is InChI=1S/C18H17F3N2O2/c1-10(2)11-5-3-4-6-13(11)22-15(24)9-16(25)23-14-8-7-12(19)17(20)18(14)21/h3-8,10H,9H2,1-2H3,(H,22,24)(H,23,25). The van der Waals surface area contributed by atoms with Crippen LogP contribution < -0.4 is 10.6 Å². The summed E-state index contributed by atoms with van der Waals surface area (Å²) in [7, 11) is 0. The number of hydrogen-bond donors (Lipinski definition) is 2. The van der Waals surface area contributed by atoms with Gasteiger partial charge in [-0.05, 0) is 29.7 Å². The molecule has 0 radical (unpaired) electrons. The van der Waals surface area contributed by atoms with Gasteiger partial charge in [0.15, 0.2) is 17.5 Å². The van der Waals surface area contributed by atoms with Crippen LogP contribution in [0.5, 0.6) is 0 Å². The van der Waals surface area contributed by atoms with Gasteiger partial charge in [-0.1, -0.05) is 32.0 Å². The Balaban J connectivity index is 2.02. The first-order valence-electron chi connectivity index (χ1n) is 7.61. The largest absolute Gasteiger partial charge is 0.325 e. The highest BCUT2D eigenvalue weighted by atomic mass is 19.2. The normalized spacial score (nSPS) is 10.6. The van der Waals surface area contributed by atoms with E-state index in [0.717, 1.165) is 11.6 Å². The number of amides is 2. The summed E-state index contributed by atoms with van der Waals surface area (Å²) in [6.07, 6.45) is -0.592. The van der Waals surface area contributed by atoms with Crippen molar-refractivity contribution < 1.29 is 22.8 Å². The zero-order chi connectivity index (χ0) is 18.6. The lowest BCUT2D eigenvalue weighted by atomic mass is 10.0. The Bertz CT molecular complexity index is 807. The van der Waals surface area contributed by atoms with Crippen molar-refractivity contribution in [2.75, 3.05) is 10.6 Å². The highest BCUT2D eigenvalue weighted by Gasteiger charge is 2.17. The maximum atomic E-state index is 13.5. The van der Waals surface area contributed by atoms with E-state index in [-0.39, 0.29) is 5.92 Å². The maximum absolute atomic E-state index is 13.5. The predicted molar refractivity (Wildman–Crippen MR) is 88.7 cm³/mol. The van der Waals surface area contributed by atoms with Crippen molar-refractivity contribution in [2.24, 2.45) is 0 Å². The first-order chi connectivity index (χ1) is 11.8. The highest BCUT2D eigenvalue weighted by Crippen LogP contribution is 2.24. The average Bonchev–Trinajstić information content (AvgIpc) is 2.55. The number of para-hydroxylation sites is 1. The van der Waals surface area contributed by atoms with Crippen LogP contribution in [-0.2, 0) is 9.59 Å². The number of benzene rings is 2. The number of halogens is 3. The molecule has 0 aliphatic rings. The van der Waals surface area contributed by atoms with Gasteiger partial charge in [0, 0.05) is 5.69 Å². The fourth-order valence-corrected chi connectivity index (χ4v) is 2.27. The molecule has 0 unspecified atom stereocenters. The second kappa shape index (κ2) is 7.83. The molecule has 2 rings (SSSR count). The van der Waals surface area contributed by atoms with Crippen molar-refractivity contribution >= 4 is 23.2 Å². The molecule has 0 aliphatic carbocycles. The molecule has 0 fully saturated rings. The fourth-order valence-electron chi connectivity index (χ4n) is 2.27. The van der Waals surface area contributed by atoms with E-state index in [9.17, 15) is 22.8 Å². The third-order valence-corrected chi connectivity index (χ3v) is 3.49. The molecule has 132 valence electrons. The van der Waals surface area contributed by atoms with Crippen LogP contribution in [0.3, 0.4) is 0 Å². The van der Waals surface area contributed by atoms with Gasteiger partial charge in [0.25, 0.3) is 0 Å². The third kappa shape index (κ3) is 4.59. The quantitative estimate of drug-likeness (QED) is 0.627. The molecular formula is C18H17F3N2O2. The molecule has 2 aromatic rings. The molecule has 4 nitrogen and oxygen atoms in total. The smallest absolute Gasteiger partial charge is 0.233 e. The Labute approximate surface area is 143 Å².